The van der Waals surface area contributed by atoms with Gasteiger partial charge in [0.15, 0.2) is 0 Å². The van der Waals surface area contributed by atoms with Crippen molar-refractivity contribution in [2.24, 2.45) is 5.92 Å². The molecular formula is C15H25N3O. The Balaban J connectivity index is 1.81. The summed E-state index contributed by atoms with van der Waals surface area (Å²) in [7, 11) is 1.74. The molecule has 2 heterocycles. The van der Waals surface area contributed by atoms with E-state index in [9.17, 15) is 0 Å². The molecule has 0 saturated carbocycles. The van der Waals surface area contributed by atoms with Crippen LogP contribution in [0.3, 0.4) is 0 Å². The van der Waals surface area contributed by atoms with Crippen LogP contribution in [-0.2, 0) is 4.74 Å². The molecule has 106 valence electrons. The first kappa shape index (κ1) is 14.3. The Labute approximate surface area is 116 Å². The highest BCUT2D eigenvalue weighted by molar-refractivity contribution is 5.39. The first-order chi connectivity index (χ1) is 9.29. The summed E-state index contributed by atoms with van der Waals surface area (Å²) in [4.78, 5) is 6.94. The lowest BCUT2D eigenvalue weighted by Crippen LogP contribution is -2.40. The third-order valence-electron chi connectivity index (χ3n) is 3.65. The van der Waals surface area contributed by atoms with Gasteiger partial charge in [-0.15, -0.1) is 0 Å². The molecule has 1 fully saturated rings. The second-order valence-corrected chi connectivity index (χ2v) is 5.34. The van der Waals surface area contributed by atoms with E-state index in [1.54, 1.807) is 7.11 Å². The molecule has 1 aliphatic heterocycles. The number of aryl methyl sites for hydroxylation is 1. The highest BCUT2D eigenvalue weighted by Crippen LogP contribution is 2.21. The Bertz CT molecular complexity index is 366. The van der Waals surface area contributed by atoms with Gasteiger partial charge in [0.2, 0.25) is 0 Å². The van der Waals surface area contributed by atoms with E-state index in [4.69, 9.17) is 4.74 Å². The van der Waals surface area contributed by atoms with Gasteiger partial charge in [0, 0.05) is 32.9 Å². The van der Waals surface area contributed by atoms with Gasteiger partial charge in [0.25, 0.3) is 0 Å². The van der Waals surface area contributed by atoms with Crippen LogP contribution in [0.25, 0.3) is 0 Å². The van der Waals surface area contributed by atoms with E-state index in [0.29, 0.717) is 5.92 Å². The molecule has 19 heavy (non-hydrogen) atoms. The molecule has 1 aromatic rings. The number of anilines is 1. The molecule has 1 N–H and O–H groups in total. The predicted molar refractivity (Wildman–Crippen MR) is 78.7 cm³/mol. The molecular weight excluding hydrogens is 238 g/mol. The second kappa shape index (κ2) is 7.46. The summed E-state index contributed by atoms with van der Waals surface area (Å²) < 4.78 is 5.05. The quantitative estimate of drug-likeness (QED) is 0.795. The zero-order valence-electron chi connectivity index (χ0n) is 12.1. The molecule has 4 nitrogen and oxygen atoms in total. The minimum atomic E-state index is 0.716. The van der Waals surface area contributed by atoms with Crippen LogP contribution in [0.1, 0.15) is 18.4 Å². The number of piperidine rings is 1. The van der Waals surface area contributed by atoms with Crippen molar-refractivity contribution < 1.29 is 4.74 Å². The smallest absolute Gasteiger partial charge is 0.128 e. The van der Waals surface area contributed by atoms with Gasteiger partial charge in [-0.3, -0.25) is 0 Å². The zero-order valence-corrected chi connectivity index (χ0v) is 12.1. The number of aromatic nitrogens is 1. The summed E-state index contributed by atoms with van der Waals surface area (Å²) in [6, 6.07) is 4.28. The fourth-order valence-electron chi connectivity index (χ4n) is 2.57. The minimum absolute atomic E-state index is 0.716. The van der Waals surface area contributed by atoms with Gasteiger partial charge in [0.05, 0.1) is 6.61 Å². The summed E-state index contributed by atoms with van der Waals surface area (Å²) >= 11 is 0. The van der Waals surface area contributed by atoms with Crippen molar-refractivity contribution in [2.45, 2.75) is 19.8 Å². The van der Waals surface area contributed by atoms with E-state index in [2.05, 4.69) is 34.3 Å². The third-order valence-corrected chi connectivity index (χ3v) is 3.65. The summed E-state index contributed by atoms with van der Waals surface area (Å²) in [6.45, 7) is 7.12. The largest absolute Gasteiger partial charge is 0.383 e. The van der Waals surface area contributed by atoms with E-state index in [0.717, 1.165) is 38.6 Å². The van der Waals surface area contributed by atoms with Crippen LogP contribution in [-0.4, -0.2) is 44.9 Å². The van der Waals surface area contributed by atoms with Crippen molar-refractivity contribution in [3.05, 3.63) is 23.9 Å². The van der Waals surface area contributed by atoms with Crippen LogP contribution >= 0.6 is 0 Å². The number of methoxy groups -OCH3 is 1. The van der Waals surface area contributed by atoms with Crippen molar-refractivity contribution in [3.63, 3.8) is 0 Å². The lowest BCUT2D eigenvalue weighted by Gasteiger charge is -2.33. The second-order valence-electron chi connectivity index (χ2n) is 5.34. The molecule has 0 spiro atoms. The van der Waals surface area contributed by atoms with Crippen molar-refractivity contribution >= 4 is 5.82 Å². The standard InChI is InChI=1S/C15H25N3O/c1-13-5-6-15(17-10-13)18-8-3-4-14(12-18)11-16-7-9-19-2/h5-6,10,14,16H,3-4,7-9,11-12H2,1-2H3. The van der Waals surface area contributed by atoms with E-state index >= 15 is 0 Å². The number of ether oxygens (including phenoxy) is 1. The van der Waals surface area contributed by atoms with Gasteiger partial charge in [0.1, 0.15) is 5.82 Å². The molecule has 0 bridgehead atoms. The molecule has 0 radical (unpaired) electrons. The molecule has 1 atom stereocenters. The molecule has 0 aliphatic carbocycles. The first-order valence-electron chi connectivity index (χ1n) is 7.17. The SMILES string of the molecule is COCCNCC1CCCN(c2ccc(C)cn2)C1. The maximum Gasteiger partial charge on any atom is 0.128 e. The lowest BCUT2D eigenvalue weighted by molar-refractivity contribution is 0.197. The van der Waals surface area contributed by atoms with Crippen LogP contribution < -0.4 is 10.2 Å². The van der Waals surface area contributed by atoms with Crippen molar-refractivity contribution in [3.8, 4) is 0 Å². The Morgan fingerprint density at radius 3 is 3.11 bits per heavy atom. The number of nitrogens with one attached hydrogen (secondary N) is 1. The average molecular weight is 263 g/mol. The number of rotatable bonds is 6. The Morgan fingerprint density at radius 1 is 1.47 bits per heavy atom. The van der Waals surface area contributed by atoms with Crippen LogP contribution in [0, 0.1) is 12.8 Å². The van der Waals surface area contributed by atoms with E-state index in [-0.39, 0.29) is 0 Å². The van der Waals surface area contributed by atoms with Gasteiger partial charge in [-0.1, -0.05) is 6.07 Å². The summed E-state index contributed by atoms with van der Waals surface area (Å²) in [6.07, 6.45) is 4.52. The fourth-order valence-corrected chi connectivity index (χ4v) is 2.57. The number of pyridine rings is 1. The maximum atomic E-state index is 5.05. The summed E-state index contributed by atoms with van der Waals surface area (Å²) in [5.74, 6) is 1.83. The van der Waals surface area contributed by atoms with Gasteiger partial charge >= 0.3 is 0 Å². The van der Waals surface area contributed by atoms with Crippen LogP contribution in [0.2, 0.25) is 0 Å². The van der Waals surface area contributed by atoms with Gasteiger partial charge in [-0.25, -0.2) is 4.98 Å². The molecule has 2 rings (SSSR count). The zero-order chi connectivity index (χ0) is 13.5. The molecule has 1 aliphatic rings. The highest BCUT2D eigenvalue weighted by atomic mass is 16.5. The maximum absolute atomic E-state index is 5.05. The summed E-state index contributed by atoms with van der Waals surface area (Å²) in [5, 5.41) is 3.47. The monoisotopic (exact) mass is 263 g/mol. The summed E-state index contributed by atoms with van der Waals surface area (Å²) in [5.41, 5.74) is 1.22. The van der Waals surface area contributed by atoms with Crippen molar-refractivity contribution in [1.29, 1.82) is 0 Å². The van der Waals surface area contributed by atoms with Crippen molar-refractivity contribution in [2.75, 3.05) is 44.8 Å². The molecule has 0 amide bonds. The van der Waals surface area contributed by atoms with Crippen molar-refractivity contribution in [1.82, 2.24) is 10.3 Å². The van der Waals surface area contributed by atoms with Gasteiger partial charge in [-0.2, -0.15) is 0 Å². The molecule has 1 unspecified atom stereocenters. The normalized spacial score (nSPS) is 19.7. The van der Waals surface area contributed by atoms with Gasteiger partial charge in [-0.05, 0) is 43.9 Å². The Hall–Kier alpha value is -1.13. The van der Waals surface area contributed by atoms with Crippen LogP contribution in [0.5, 0.6) is 0 Å². The van der Waals surface area contributed by atoms with E-state index < -0.39 is 0 Å². The predicted octanol–water partition coefficient (Wildman–Crippen LogP) is 1.84. The molecule has 4 heteroatoms. The number of hydrogen-bond donors (Lipinski definition) is 1. The van der Waals surface area contributed by atoms with Gasteiger partial charge < -0.3 is 15.0 Å². The Kier molecular flexibility index (Phi) is 5.61. The lowest BCUT2D eigenvalue weighted by atomic mass is 9.98. The number of nitrogens with zero attached hydrogens (tertiary/aromatic N) is 2. The van der Waals surface area contributed by atoms with Crippen LogP contribution in [0.15, 0.2) is 18.3 Å². The minimum Gasteiger partial charge on any atom is -0.383 e. The highest BCUT2D eigenvalue weighted by Gasteiger charge is 2.20. The average Bonchev–Trinajstić information content (AvgIpc) is 2.45. The Morgan fingerprint density at radius 2 is 2.37 bits per heavy atom. The molecule has 0 aromatic carbocycles. The van der Waals surface area contributed by atoms with E-state index in [1.807, 2.05) is 6.20 Å². The molecule has 1 aromatic heterocycles. The van der Waals surface area contributed by atoms with Crippen LogP contribution in [0.4, 0.5) is 5.82 Å². The number of hydrogen-bond acceptors (Lipinski definition) is 4. The first-order valence-corrected chi connectivity index (χ1v) is 7.17. The third kappa shape index (κ3) is 4.48. The van der Waals surface area contributed by atoms with E-state index in [1.165, 1.54) is 18.4 Å². The molecule has 1 saturated heterocycles. The fraction of sp³-hybridized carbons (Fsp3) is 0.667. The topological polar surface area (TPSA) is 37.4 Å².